The third kappa shape index (κ3) is 4.01. The molecule has 0 spiro atoms. The molecule has 3 aromatic rings. The standard InChI is InChI=1S/C20H18N2O5S2/c1-3-25-18(23)10-22-14-6-5-13(28-2)9-17(14)29-20(22)21-19(24)12-4-7-15-16(8-12)27-11-26-15/h4-9H,3,10-11H2,1-2H3. The van der Waals surface area contributed by atoms with E-state index in [1.165, 1.54) is 11.3 Å². The lowest BCUT2D eigenvalue weighted by Crippen LogP contribution is -2.23. The van der Waals surface area contributed by atoms with E-state index in [-0.39, 0.29) is 19.3 Å². The molecule has 1 aliphatic heterocycles. The number of thioether (sulfide) groups is 1. The van der Waals surface area contributed by atoms with E-state index in [4.69, 9.17) is 14.2 Å². The number of ether oxygens (including phenoxy) is 3. The van der Waals surface area contributed by atoms with Gasteiger partial charge in [0.05, 0.1) is 16.8 Å². The van der Waals surface area contributed by atoms with Crippen LogP contribution in [0.3, 0.4) is 0 Å². The molecule has 9 heteroatoms. The SMILES string of the molecule is CCOC(=O)Cn1c(=NC(=O)c2ccc3c(c2)OCO3)sc2cc(SC)ccc21. The number of carbonyl (C=O) groups excluding carboxylic acids is 2. The number of hydrogen-bond acceptors (Lipinski definition) is 7. The second-order valence-electron chi connectivity index (χ2n) is 6.09. The van der Waals surface area contributed by atoms with Crippen LogP contribution in [0.5, 0.6) is 11.5 Å². The number of carbonyl (C=O) groups is 2. The Morgan fingerprint density at radius 3 is 2.83 bits per heavy atom. The number of thiazole rings is 1. The summed E-state index contributed by atoms with van der Waals surface area (Å²) in [6.45, 7) is 2.17. The molecule has 0 bridgehead atoms. The quantitative estimate of drug-likeness (QED) is 0.456. The Bertz CT molecular complexity index is 1170. The van der Waals surface area contributed by atoms with Gasteiger partial charge in [0.15, 0.2) is 16.3 Å². The molecule has 0 N–H and O–H groups in total. The number of aromatic nitrogens is 1. The fraction of sp³-hybridized carbons (Fsp3) is 0.250. The summed E-state index contributed by atoms with van der Waals surface area (Å²) in [5, 5.41) is 0. The second-order valence-corrected chi connectivity index (χ2v) is 7.98. The van der Waals surface area contributed by atoms with Crippen LogP contribution in [-0.4, -0.2) is 36.1 Å². The van der Waals surface area contributed by atoms with Crippen molar-refractivity contribution in [1.82, 2.24) is 4.57 Å². The normalized spacial score (nSPS) is 13.1. The van der Waals surface area contributed by atoms with Crippen LogP contribution >= 0.6 is 23.1 Å². The van der Waals surface area contributed by atoms with Gasteiger partial charge in [-0.1, -0.05) is 11.3 Å². The van der Waals surface area contributed by atoms with Gasteiger partial charge in [-0.3, -0.25) is 9.59 Å². The highest BCUT2D eigenvalue weighted by atomic mass is 32.2. The van der Waals surface area contributed by atoms with E-state index >= 15 is 0 Å². The second kappa shape index (κ2) is 8.30. The van der Waals surface area contributed by atoms with E-state index in [1.54, 1.807) is 41.5 Å². The van der Waals surface area contributed by atoms with Crippen molar-refractivity contribution in [2.24, 2.45) is 4.99 Å². The molecule has 0 unspecified atom stereocenters. The maximum Gasteiger partial charge on any atom is 0.326 e. The zero-order valence-corrected chi connectivity index (χ0v) is 17.5. The average molecular weight is 431 g/mol. The molecule has 0 aliphatic carbocycles. The van der Waals surface area contributed by atoms with Crippen LogP contribution < -0.4 is 14.3 Å². The summed E-state index contributed by atoms with van der Waals surface area (Å²) in [5.41, 5.74) is 1.22. The summed E-state index contributed by atoms with van der Waals surface area (Å²) < 4.78 is 18.4. The largest absolute Gasteiger partial charge is 0.465 e. The maximum atomic E-state index is 12.8. The van der Waals surface area contributed by atoms with Crippen molar-refractivity contribution in [1.29, 1.82) is 0 Å². The van der Waals surface area contributed by atoms with Gasteiger partial charge in [0.2, 0.25) is 6.79 Å². The molecule has 4 rings (SSSR count). The average Bonchev–Trinajstić information content (AvgIpc) is 3.31. The zero-order valence-electron chi connectivity index (χ0n) is 15.8. The molecule has 0 saturated carbocycles. The number of rotatable bonds is 5. The van der Waals surface area contributed by atoms with Gasteiger partial charge in [0, 0.05) is 10.5 Å². The Hall–Kier alpha value is -2.78. The molecule has 0 saturated heterocycles. The first-order valence-corrected chi connectivity index (χ1v) is 10.9. The van der Waals surface area contributed by atoms with E-state index in [1.807, 2.05) is 24.5 Å². The van der Waals surface area contributed by atoms with Crippen molar-refractivity contribution in [3.8, 4) is 11.5 Å². The lowest BCUT2D eigenvalue weighted by Gasteiger charge is -2.05. The van der Waals surface area contributed by atoms with Gasteiger partial charge in [-0.2, -0.15) is 4.99 Å². The lowest BCUT2D eigenvalue weighted by molar-refractivity contribution is -0.143. The van der Waals surface area contributed by atoms with Crippen molar-refractivity contribution in [3.63, 3.8) is 0 Å². The molecule has 0 radical (unpaired) electrons. The topological polar surface area (TPSA) is 79.1 Å². The highest BCUT2D eigenvalue weighted by Gasteiger charge is 2.17. The van der Waals surface area contributed by atoms with Crippen LogP contribution in [0, 0.1) is 0 Å². The molecular formula is C20H18N2O5S2. The van der Waals surface area contributed by atoms with Gasteiger partial charge in [0.1, 0.15) is 6.54 Å². The van der Waals surface area contributed by atoms with Gasteiger partial charge in [-0.15, -0.1) is 11.8 Å². The van der Waals surface area contributed by atoms with Crippen LogP contribution in [0.2, 0.25) is 0 Å². The van der Waals surface area contributed by atoms with Crippen molar-refractivity contribution >= 4 is 45.2 Å². The van der Waals surface area contributed by atoms with Crippen LogP contribution in [0.1, 0.15) is 17.3 Å². The van der Waals surface area contributed by atoms with Crippen LogP contribution in [-0.2, 0) is 16.1 Å². The van der Waals surface area contributed by atoms with Gasteiger partial charge in [-0.05, 0) is 49.6 Å². The summed E-state index contributed by atoms with van der Waals surface area (Å²) in [6, 6.07) is 10.9. The molecule has 1 aromatic heterocycles. The number of amides is 1. The van der Waals surface area contributed by atoms with Gasteiger partial charge < -0.3 is 18.8 Å². The number of fused-ring (bicyclic) bond motifs is 2. The Balaban J connectivity index is 1.78. The molecule has 1 aliphatic rings. The first kappa shape index (κ1) is 19.5. The first-order chi connectivity index (χ1) is 14.1. The van der Waals surface area contributed by atoms with E-state index in [0.29, 0.717) is 28.5 Å². The predicted molar refractivity (Wildman–Crippen MR) is 111 cm³/mol. The van der Waals surface area contributed by atoms with Gasteiger partial charge >= 0.3 is 5.97 Å². The number of nitrogens with zero attached hydrogens (tertiary/aromatic N) is 2. The smallest absolute Gasteiger partial charge is 0.326 e. The molecule has 2 aromatic carbocycles. The van der Waals surface area contributed by atoms with E-state index in [9.17, 15) is 9.59 Å². The Kier molecular flexibility index (Phi) is 5.59. The fourth-order valence-electron chi connectivity index (χ4n) is 2.94. The molecule has 7 nitrogen and oxygen atoms in total. The summed E-state index contributed by atoms with van der Waals surface area (Å²) in [4.78, 5) is 30.7. The van der Waals surface area contributed by atoms with E-state index in [2.05, 4.69) is 4.99 Å². The highest BCUT2D eigenvalue weighted by molar-refractivity contribution is 7.98. The minimum atomic E-state index is -0.419. The molecule has 2 heterocycles. The van der Waals surface area contributed by atoms with Crippen molar-refractivity contribution in [3.05, 3.63) is 46.8 Å². The monoisotopic (exact) mass is 430 g/mol. The van der Waals surface area contributed by atoms with E-state index in [0.717, 1.165) is 15.1 Å². The Labute approximate surface area is 174 Å². The van der Waals surface area contributed by atoms with Crippen molar-refractivity contribution in [2.75, 3.05) is 19.7 Å². The van der Waals surface area contributed by atoms with Crippen LogP contribution in [0.4, 0.5) is 0 Å². The first-order valence-electron chi connectivity index (χ1n) is 8.90. The third-order valence-corrected chi connectivity index (χ3v) is 6.07. The third-order valence-electron chi connectivity index (χ3n) is 4.30. The van der Waals surface area contributed by atoms with Crippen LogP contribution in [0.25, 0.3) is 10.2 Å². The van der Waals surface area contributed by atoms with Gasteiger partial charge in [-0.25, -0.2) is 0 Å². The summed E-state index contributed by atoms with van der Waals surface area (Å²) in [6.07, 6.45) is 2.00. The summed E-state index contributed by atoms with van der Waals surface area (Å²) >= 11 is 2.99. The minimum Gasteiger partial charge on any atom is -0.465 e. The number of benzene rings is 2. The Morgan fingerprint density at radius 1 is 1.21 bits per heavy atom. The lowest BCUT2D eigenvalue weighted by atomic mass is 10.2. The van der Waals surface area contributed by atoms with Crippen molar-refractivity contribution in [2.45, 2.75) is 18.4 Å². The minimum absolute atomic E-state index is 0.0142. The zero-order chi connectivity index (χ0) is 20.4. The Morgan fingerprint density at radius 2 is 2.03 bits per heavy atom. The predicted octanol–water partition coefficient (Wildman–Crippen LogP) is 3.46. The highest BCUT2D eigenvalue weighted by Crippen LogP contribution is 2.32. The molecule has 0 atom stereocenters. The maximum absolute atomic E-state index is 12.8. The molecular weight excluding hydrogens is 412 g/mol. The molecule has 1 amide bonds. The number of hydrogen-bond donors (Lipinski definition) is 0. The van der Waals surface area contributed by atoms with Crippen LogP contribution in [0.15, 0.2) is 46.3 Å². The molecule has 0 fully saturated rings. The van der Waals surface area contributed by atoms with Crippen molar-refractivity contribution < 1.29 is 23.8 Å². The van der Waals surface area contributed by atoms with E-state index < -0.39 is 5.91 Å². The van der Waals surface area contributed by atoms with Gasteiger partial charge in [0.25, 0.3) is 5.91 Å². The molecule has 150 valence electrons. The molecule has 29 heavy (non-hydrogen) atoms. The summed E-state index contributed by atoms with van der Waals surface area (Å²) in [7, 11) is 0. The number of esters is 1. The fourth-order valence-corrected chi connectivity index (χ4v) is 4.52. The summed E-state index contributed by atoms with van der Waals surface area (Å²) in [5.74, 6) is 0.326.